The van der Waals surface area contributed by atoms with E-state index in [1.165, 1.54) is 18.5 Å². The second kappa shape index (κ2) is 9.36. The highest BCUT2D eigenvalue weighted by Crippen LogP contribution is 2.26. The first kappa shape index (κ1) is 21.1. The summed E-state index contributed by atoms with van der Waals surface area (Å²) >= 11 is 5.86. The second-order valence-corrected chi connectivity index (χ2v) is 7.78. The first-order valence-corrected chi connectivity index (χ1v) is 10.3. The molecule has 2 heterocycles. The van der Waals surface area contributed by atoms with Gasteiger partial charge in [0.25, 0.3) is 0 Å². The molecule has 9 nitrogen and oxygen atoms in total. The van der Waals surface area contributed by atoms with Crippen LogP contribution < -0.4 is 16.0 Å². The highest BCUT2D eigenvalue weighted by Gasteiger charge is 2.22. The molecule has 0 amide bonds. The van der Waals surface area contributed by atoms with E-state index in [0.717, 1.165) is 25.7 Å². The number of fused-ring (bicyclic) bond motifs is 1. The molecule has 31 heavy (non-hydrogen) atoms. The van der Waals surface area contributed by atoms with Crippen LogP contribution in [0.25, 0.3) is 11.0 Å². The maximum Gasteiger partial charge on any atom is 0.317 e. The molecule has 0 spiro atoms. The lowest BCUT2D eigenvalue weighted by Crippen LogP contribution is -2.39. The molecule has 0 aliphatic heterocycles. The fourth-order valence-electron chi connectivity index (χ4n) is 3.58. The van der Waals surface area contributed by atoms with E-state index in [0.29, 0.717) is 28.5 Å². The molecular formula is C20H21ClFN7O2. The van der Waals surface area contributed by atoms with Gasteiger partial charge in [0.1, 0.15) is 23.2 Å². The molecule has 11 heteroatoms. The van der Waals surface area contributed by atoms with E-state index in [4.69, 9.17) is 16.7 Å². The van der Waals surface area contributed by atoms with Gasteiger partial charge < -0.3 is 21.1 Å². The van der Waals surface area contributed by atoms with Crippen LogP contribution >= 0.6 is 11.6 Å². The van der Waals surface area contributed by atoms with Gasteiger partial charge in [0.15, 0.2) is 5.82 Å². The van der Waals surface area contributed by atoms with Gasteiger partial charge in [0, 0.05) is 17.8 Å². The van der Waals surface area contributed by atoms with E-state index in [1.807, 2.05) is 0 Å². The third-order valence-electron chi connectivity index (χ3n) is 5.16. The monoisotopic (exact) mass is 445 g/mol. The number of aliphatic carboxylic acids is 1. The van der Waals surface area contributed by atoms with Crippen molar-refractivity contribution in [3.8, 4) is 0 Å². The van der Waals surface area contributed by atoms with Crippen molar-refractivity contribution in [2.75, 3.05) is 17.2 Å². The van der Waals surface area contributed by atoms with Crippen LogP contribution in [0.2, 0.25) is 5.02 Å². The molecule has 4 N–H and O–H groups in total. The third kappa shape index (κ3) is 5.33. The number of carboxylic acid groups (broad SMARTS) is 1. The Kier molecular flexibility index (Phi) is 6.38. The van der Waals surface area contributed by atoms with Crippen LogP contribution in [0.15, 0.2) is 30.7 Å². The summed E-state index contributed by atoms with van der Waals surface area (Å²) in [4.78, 5) is 28.1. The van der Waals surface area contributed by atoms with E-state index in [2.05, 4.69) is 35.9 Å². The van der Waals surface area contributed by atoms with Gasteiger partial charge in [-0.25, -0.2) is 24.3 Å². The van der Waals surface area contributed by atoms with Crippen molar-refractivity contribution in [2.24, 2.45) is 0 Å². The molecule has 4 rings (SSSR count). The van der Waals surface area contributed by atoms with Gasteiger partial charge in [-0.05, 0) is 43.9 Å². The zero-order valence-corrected chi connectivity index (χ0v) is 17.2. The molecule has 1 aliphatic carbocycles. The van der Waals surface area contributed by atoms with E-state index in [-0.39, 0.29) is 23.7 Å². The Hall–Kier alpha value is -3.11. The van der Waals surface area contributed by atoms with Crippen molar-refractivity contribution in [1.29, 1.82) is 0 Å². The Balaban J connectivity index is 1.46. The average molecular weight is 446 g/mol. The van der Waals surface area contributed by atoms with Gasteiger partial charge in [0.05, 0.1) is 17.8 Å². The molecule has 1 aromatic carbocycles. The number of aromatic nitrogens is 4. The molecule has 3 aromatic rings. The minimum Gasteiger partial charge on any atom is -0.480 e. The van der Waals surface area contributed by atoms with Gasteiger partial charge in [-0.3, -0.25) is 4.79 Å². The van der Waals surface area contributed by atoms with Crippen LogP contribution in [0.4, 0.5) is 21.8 Å². The number of anilines is 3. The van der Waals surface area contributed by atoms with E-state index < -0.39 is 11.8 Å². The normalized spacial score (nSPS) is 18.6. The predicted molar refractivity (Wildman–Crippen MR) is 115 cm³/mol. The van der Waals surface area contributed by atoms with E-state index in [9.17, 15) is 9.18 Å². The summed E-state index contributed by atoms with van der Waals surface area (Å²) < 4.78 is 13.4. The highest BCUT2D eigenvalue weighted by molar-refractivity contribution is 6.31. The number of halogens is 2. The number of rotatable bonds is 7. The highest BCUT2D eigenvalue weighted by atomic mass is 35.5. The minimum atomic E-state index is -0.848. The maximum atomic E-state index is 13.4. The summed E-state index contributed by atoms with van der Waals surface area (Å²) in [5, 5.41) is 18.3. The van der Waals surface area contributed by atoms with Crippen LogP contribution in [-0.4, -0.2) is 49.6 Å². The van der Waals surface area contributed by atoms with Crippen molar-refractivity contribution in [2.45, 2.75) is 37.8 Å². The second-order valence-electron chi connectivity index (χ2n) is 7.37. The number of carboxylic acids is 1. The lowest BCUT2D eigenvalue weighted by molar-refractivity contribution is -0.136. The number of nitrogens with one attached hydrogen (secondary N) is 3. The first-order chi connectivity index (χ1) is 15.0. The average Bonchev–Trinajstić information content (AvgIpc) is 2.76. The molecule has 0 saturated heterocycles. The number of nitrogens with zero attached hydrogens (tertiary/aromatic N) is 4. The van der Waals surface area contributed by atoms with Gasteiger partial charge in [-0.2, -0.15) is 0 Å². The molecule has 162 valence electrons. The molecule has 1 fully saturated rings. The Morgan fingerprint density at radius 1 is 1.16 bits per heavy atom. The predicted octanol–water partition coefficient (Wildman–Crippen LogP) is 3.35. The van der Waals surface area contributed by atoms with E-state index >= 15 is 0 Å². The standard InChI is InChI=1S/C20H21ClFN7O2/c21-14-7-13(5-6-15(14)22)27-19-18-16(25-10-26-19)8-24-20(29-18)28-12-3-1-11(2-4-12)23-9-17(30)31/h5-8,10-12,23H,1-4,9H2,(H,30,31)(H,24,28,29)(H,25,26,27). The zero-order valence-electron chi connectivity index (χ0n) is 16.5. The molecular weight excluding hydrogens is 425 g/mol. The Labute approximate surface area is 182 Å². The number of hydrogen-bond acceptors (Lipinski definition) is 8. The summed E-state index contributed by atoms with van der Waals surface area (Å²) in [5.41, 5.74) is 1.67. The summed E-state index contributed by atoms with van der Waals surface area (Å²) in [6.07, 6.45) is 6.53. The van der Waals surface area contributed by atoms with Crippen molar-refractivity contribution in [3.63, 3.8) is 0 Å². The zero-order chi connectivity index (χ0) is 21.8. The summed E-state index contributed by atoms with van der Waals surface area (Å²) in [6.45, 7) is -0.0222. The van der Waals surface area contributed by atoms with Crippen molar-refractivity contribution in [1.82, 2.24) is 25.3 Å². The first-order valence-electron chi connectivity index (χ1n) is 9.89. The SMILES string of the molecule is O=C(O)CNC1CCC(Nc2ncc3ncnc(Nc4ccc(F)c(Cl)c4)c3n2)CC1. The molecule has 0 bridgehead atoms. The molecule has 1 saturated carbocycles. The lowest BCUT2D eigenvalue weighted by atomic mass is 9.91. The summed E-state index contributed by atoms with van der Waals surface area (Å²) in [6, 6.07) is 4.71. The van der Waals surface area contributed by atoms with Crippen LogP contribution in [-0.2, 0) is 4.79 Å². The molecule has 2 aromatic heterocycles. The fraction of sp³-hybridized carbons (Fsp3) is 0.350. The smallest absolute Gasteiger partial charge is 0.317 e. The van der Waals surface area contributed by atoms with Gasteiger partial charge in [0.2, 0.25) is 5.95 Å². The largest absolute Gasteiger partial charge is 0.480 e. The van der Waals surface area contributed by atoms with Gasteiger partial charge in [-0.1, -0.05) is 11.6 Å². The molecule has 0 atom stereocenters. The van der Waals surface area contributed by atoms with Crippen LogP contribution in [0.5, 0.6) is 0 Å². The fourth-order valence-corrected chi connectivity index (χ4v) is 3.76. The quantitative estimate of drug-likeness (QED) is 0.433. The lowest BCUT2D eigenvalue weighted by Gasteiger charge is -2.29. The third-order valence-corrected chi connectivity index (χ3v) is 5.45. The van der Waals surface area contributed by atoms with Crippen molar-refractivity contribution in [3.05, 3.63) is 41.6 Å². The van der Waals surface area contributed by atoms with Crippen LogP contribution in [0.1, 0.15) is 25.7 Å². The van der Waals surface area contributed by atoms with Gasteiger partial charge >= 0.3 is 5.97 Å². The number of benzene rings is 1. The van der Waals surface area contributed by atoms with Crippen molar-refractivity contribution < 1.29 is 14.3 Å². The Morgan fingerprint density at radius 3 is 2.68 bits per heavy atom. The molecule has 1 aliphatic rings. The molecule has 0 radical (unpaired) electrons. The van der Waals surface area contributed by atoms with Crippen molar-refractivity contribution >= 4 is 46.1 Å². The maximum absolute atomic E-state index is 13.4. The minimum absolute atomic E-state index is 0.00814. The summed E-state index contributed by atoms with van der Waals surface area (Å²) in [5.74, 6) is -0.426. The Bertz CT molecular complexity index is 1090. The van der Waals surface area contributed by atoms with Gasteiger partial charge in [-0.15, -0.1) is 0 Å². The molecule has 0 unspecified atom stereocenters. The Morgan fingerprint density at radius 2 is 1.94 bits per heavy atom. The van der Waals surface area contributed by atoms with Crippen LogP contribution in [0.3, 0.4) is 0 Å². The van der Waals surface area contributed by atoms with Crippen LogP contribution in [0, 0.1) is 5.82 Å². The topological polar surface area (TPSA) is 125 Å². The number of carbonyl (C=O) groups is 1. The summed E-state index contributed by atoms with van der Waals surface area (Å²) in [7, 11) is 0. The van der Waals surface area contributed by atoms with E-state index in [1.54, 1.807) is 12.3 Å². The number of hydrogen-bond donors (Lipinski definition) is 4.